The van der Waals surface area contributed by atoms with Crippen LogP contribution in [0.15, 0.2) is 0 Å². The summed E-state index contributed by atoms with van der Waals surface area (Å²) in [6.07, 6.45) is -2.38. The van der Waals surface area contributed by atoms with Crippen molar-refractivity contribution in [1.82, 2.24) is 10.6 Å². The van der Waals surface area contributed by atoms with Gasteiger partial charge in [0, 0.05) is 6.54 Å². The smallest absolute Gasteiger partial charge is 0.362 e. The molecule has 1 atom stereocenters. The maximum Gasteiger partial charge on any atom is 0.411 e. The minimum absolute atomic E-state index is 0.309. The fraction of sp³-hybridized carbons (Fsp3) is 0.800. The molecule has 18 heavy (non-hydrogen) atoms. The van der Waals surface area contributed by atoms with Gasteiger partial charge in [-0.2, -0.15) is 13.2 Å². The van der Waals surface area contributed by atoms with Gasteiger partial charge in [0.25, 0.3) is 0 Å². The largest absolute Gasteiger partial charge is 0.411 e. The van der Waals surface area contributed by atoms with Gasteiger partial charge in [0.05, 0.1) is 0 Å². The molecule has 0 unspecified atom stereocenters. The lowest BCUT2D eigenvalue weighted by molar-refractivity contribution is -0.176. The van der Waals surface area contributed by atoms with Crippen LogP contribution < -0.4 is 10.6 Å². The molecule has 0 bridgehead atoms. The van der Waals surface area contributed by atoms with E-state index in [-0.39, 0.29) is 5.91 Å². The van der Waals surface area contributed by atoms with Gasteiger partial charge in [0.15, 0.2) is 0 Å². The van der Waals surface area contributed by atoms with Crippen LogP contribution in [0, 0.1) is 0 Å². The van der Waals surface area contributed by atoms with Crippen LogP contribution in [-0.2, 0) is 14.3 Å². The lowest BCUT2D eigenvalue weighted by atomic mass is 10.1. The maximum absolute atomic E-state index is 11.8. The molecular weight excluding hydrogens is 253 g/mol. The Morgan fingerprint density at radius 1 is 1.44 bits per heavy atom. The van der Waals surface area contributed by atoms with Crippen LogP contribution >= 0.6 is 0 Å². The SMILES string of the molecule is O=C(COCC(F)(F)F)N[C@@H]1CCCCNC1=O. The van der Waals surface area contributed by atoms with Crippen LogP contribution in [0.25, 0.3) is 0 Å². The Balaban J connectivity index is 2.28. The summed E-state index contributed by atoms with van der Waals surface area (Å²) in [6.45, 7) is -1.63. The first-order valence-electron chi connectivity index (χ1n) is 5.60. The molecule has 1 saturated heterocycles. The Kier molecular flexibility index (Phi) is 5.39. The zero-order chi connectivity index (χ0) is 13.6. The Labute approximate surface area is 102 Å². The van der Waals surface area contributed by atoms with Crippen molar-refractivity contribution >= 4 is 11.8 Å². The molecule has 2 N–H and O–H groups in total. The molecule has 8 heteroatoms. The van der Waals surface area contributed by atoms with E-state index < -0.39 is 31.3 Å². The van der Waals surface area contributed by atoms with E-state index in [1.807, 2.05) is 0 Å². The van der Waals surface area contributed by atoms with Crippen LogP contribution in [0.3, 0.4) is 0 Å². The molecule has 1 rings (SSSR count). The van der Waals surface area contributed by atoms with Crippen LogP contribution in [0.1, 0.15) is 19.3 Å². The normalized spacial score (nSPS) is 21.1. The first-order valence-corrected chi connectivity index (χ1v) is 5.60. The number of ether oxygens (including phenoxy) is 1. The van der Waals surface area contributed by atoms with Crippen molar-refractivity contribution in [1.29, 1.82) is 0 Å². The van der Waals surface area contributed by atoms with E-state index in [0.717, 1.165) is 12.8 Å². The molecule has 0 aromatic carbocycles. The highest BCUT2D eigenvalue weighted by atomic mass is 19.4. The van der Waals surface area contributed by atoms with Crippen LogP contribution in [-0.4, -0.2) is 43.8 Å². The molecule has 0 spiro atoms. The quantitative estimate of drug-likeness (QED) is 0.773. The van der Waals surface area contributed by atoms with E-state index >= 15 is 0 Å². The molecule has 104 valence electrons. The lowest BCUT2D eigenvalue weighted by Crippen LogP contribution is -2.46. The molecular formula is C10H15F3N2O3. The molecule has 0 aromatic rings. The molecule has 1 heterocycles. The van der Waals surface area contributed by atoms with E-state index in [9.17, 15) is 22.8 Å². The molecule has 0 aromatic heterocycles. The van der Waals surface area contributed by atoms with Gasteiger partial charge < -0.3 is 15.4 Å². The van der Waals surface area contributed by atoms with Crippen molar-refractivity contribution in [3.05, 3.63) is 0 Å². The summed E-state index contributed by atoms with van der Waals surface area (Å²) in [4.78, 5) is 22.7. The topological polar surface area (TPSA) is 67.4 Å². The maximum atomic E-state index is 11.8. The summed E-state index contributed by atoms with van der Waals surface area (Å²) >= 11 is 0. The number of hydrogen-bond donors (Lipinski definition) is 2. The number of hydrogen-bond acceptors (Lipinski definition) is 3. The number of carbonyl (C=O) groups excluding carboxylic acids is 2. The van der Waals surface area contributed by atoms with E-state index in [1.165, 1.54) is 0 Å². The molecule has 0 radical (unpaired) electrons. The summed E-state index contributed by atoms with van der Waals surface area (Å²) in [7, 11) is 0. The molecule has 0 aliphatic carbocycles. The molecule has 2 amide bonds. The third-order valence-electron chi connectivity index (χ3n) is 2.37. The van der Waals surface area contributed by atoms with Crippen LogP contribution in [0.2, 0.25) is 0 Å². The van der Waals surface area contributed by atoms with Crippen LogP contribution in [0.4, 0.5) is 13.2 Å². The van der Waals surface area contributed by atoms with Gasteiger partial charge in [-0.1, -0.05) is 0 Å². The highest BCUT2D eigenvalue weighted by Crippen LogP contribution is 2.14. The third-order valence-corrected chi connectivity index (χ3v) is 2.37. The molecule has 0 saturated carbocycles. The number of rotatable bonds is 4. The number of carbonyl (C=O) groups is 2. The first-order chi connectivity index (χ1) is 8.38. The second-order valence-electron chi connectivity index (χ2n) is 4.01. The van der Waals surface area contributed by atoms with Crippen molar-refractivity contribution in [3.63, 3.8) is 0 Å². The highest BCUT2D eigenvalue weighted by Gasteiger charge is 2.28. The minimum atomic E-state index is -4.46. The molecule has 5 nitrogen and oxygen atoms in total. The van der Waals surface area contributed by atoms with Gasteiger partial charge in [0.2, 0.25) is 11.8 Å². The average molecular weight is 268 g/mol. The minimum Gasteiger partial charge on any atom is -0.362 e. The second kappa shape index (κ2) is 6.58. The summed E-state index contributed by atoms with van der Waals surface area (Å²) in [6, 6.07) is -0.686. The molecule has 1 aliphatic heterocycles. The fourth-order valence-corrected chi connectivity index (χ4v) is 1.57. The predicted molar refractivity (Wildman–Crippen MR) is 55.7 cm³/mol. The third kappa shape index (κ3) is 5.85. The number of alkyl halides is 3. The highest BCUT2D eigenvalue weighted by molar-refractivity contribution is 5.88. The van der Waals surface area contributed by atoms with Crippen molar-refractivity contribution in [2.75, 3.05) is 19.8 Å². The second-order valence-corrected chi connectivity index (χ2v) is 4.01. The van der Waals surface area contributed by atoms with E-state index in [1.54, 1.807) is 0 Å². The Morgan fingerprint density at radius 3 is 2.83 bits per heavy atom. The summed E-state index contributed by atoms with van der Waals surface area (Å²) in [5.74, 6) is -1.03. The number of halogens is 3. The summed E-state index contributed by atoms with van der Waals surface area (Å²) in [5.41, 5.74) is 0. The van der Waals surface area contributed by atoms with Crippen molar-refractivity contribution in [3.8, 4) is 0 Å². The van der Waals surface area contributed by atoms with Gasteiger partial charge in [-0.15, -0.1) is 0 Å². The van der Waals surface area contributed by atoms with E-state index in [2.05, 4.69) is 15.4 Å². The zero-order valence-electron chi connectivity index (χ0n) is 9.68. The monoisotopic (exact) mass is 268 g/mol. The zero-order valence-corrected chi connectivity index (χ0v) is 9.68. The predicted octanol–water partition coefficient (Wildman–Crippen LogP) is 0.350. The fourth-order valence-electron chi connectivity index (χ4n) is 1.57. The van der Waals surface area contributed by atoms with Crippen LogP contribution in [0.5, 0.6) is 0 Å². The van der Waals surface area contributed by atoms with Gasteiger partial charge in [-0.25, -0.2) is 0 Å². The van der Waals surface area contributed by atoms with E-state index in [0.29, 0.717) is 13.0 Å². The molecule has 1 fully saturated rings. The Bertz CT molecular complexity index is 307. The average Bonchev–Trinajstić information content (AvgIpc) is 2.42. The van der Waals surface area contributed by atoms with Gasteiger partial charge in [0.1, 0.15) is 19.3 Å². The Morgan fingerprint density at radius 2 is 2.17 bits per heavy atom. The first kappa shape index (κ1) is 14.7. The lowest BCUT2D eigenvalue weighted by Gasteiger charge is -2.15. The van der Waals surface area contributed by atoms with Crippen molar-refractivity contribution in [2.24, 2.45) is 0 Å². The summed E-state index contributed by atoms with van der Waals surface area (Å²) < 4.78 is 39.5. The number of nitrogens with one attached hydrogen (secondary N) is 2. The summed E-state index contributed by atoms with van der Waals surface area (Å²) in [5, 5.41) is 4.96. The van der Waals surface area contributed by atoms with Gasteiger partial charge in [-0.3, -0.25) is 9.59 Å². The van der Waals surface area contributed by atoms with E-state index in [4.69, 9.17) is 0 Å². The van der Waals surface area contributed by atoms with Crippen molar-refractivity contribution < 1.29 is 27.5 Å². The standard InChI is InChI=1S/C10H15F3N2O3/c11-10(12,13)6-18-5-8(16)15-7-3-1-2-4-14-9(7)17/h7H,1-6H2,(H,14,17)(H,15,16)/t7-/m1/s1. The Hall–Kier alpha value is -1.31. The van der Waals surface area contributed by atoms with Gasteiger partial charge in [-0.05, 0) is 19.3 Å². The number of amides is 2. The van der Waals surface area contributed by atoms with Gasteiger partial charge >= 0.3 is 6.18 Å². The molecule has 1 aliphatic rings. The van der Waals surface area contributed by atoms with Crippen molar-refractivity contribution in [2.45, 2.75) is 31.5 Å².